The fraction of sp³-hybridized carbons (Fsp3) is 0.667. The van der Waals surface area contributed by atoms with Crippen molar-refractivity contribution in [2.24, 2.45) is 11.8 Å². The molecule has 2 bridgehead atoms. The van der Waals surface area contributed by atoms with Gasteiger partial charge in [0.1, 0.15) is 13.2 Å². The van der Waals surface area contributed by atoms with Gasteiger partial charge in [-0.15, -0.1) is 0 Å². The van der Waals surface area contributed by atoms with Crippen molar-refractivity contribution in [2.45, 2.75) is 50.7 Å². The lowest BCUT2D eigenvalue weighted by molar-refractivity contribution is 0.0926. The van der Waals surface area contributed by atoms with Gasteiger partial charge < -0.3 is 24.8 Å². The molecule has 4 heterocycles. The summed E-state index contributed by atoms with van der Waals surface area (Å²) >= 11 is 0. The van der Waals surface area contributed by atoms with E-state index < -0.39 is 16.2 Å². The smallest absolute Gasteiger partial charge is 0.329 e. The number of para-hydroxylation sites is 1. The zero-order chi connectivity index (χ0) is 25.1. The Balaban J connectivity index is 1.01. The molecular weight excluding hydrogens is 488 g/mol. The fourth-order valence-corrected chi connectivity index (χ4v) is 6.70. The SMILES string of the molecule is O=C(NC[C@@H]1C[C@@H]2CC[C@@H]1O2)NS(=O)(=O)N1CCC(CCNC(=O)c2cccc3c2OCCO3)CC1. The number of rotatable bonds is 8. The highest BCUT2D eigenvalue weighted by molar-refractivity contribution is 7.87. The third-order valence-corrected chi connectivity index (χ3v) is 9.03. The number of nitrogens with one attached hydrogen (secondary N) is 3. The molecule has 1 aromatic rings. The maximum Gasteiger partial charge on any atom is 0.329 e. The van der Waals surface area contributed by atoms with E-state index in [-0.39, 0.29) is 30.0 Å². The zero-order valence-electron chi connectivity index (χ0n) is 20.2. The van der Waals surface area contributed by atoms with E-state index in [0.29, 0.717) is 69.3 Å². The highest BCUT2D eigenvalue weighted by Crippen LogP contribution is 2.38. The number of piperidine rings is 1. The molecule has 0 aromatic heterocycles. The van der Waals surface area contributed by atoms with Gasteiger partial charge in [-0.1, -0.05) is 6.07 Å². The predicted molar refractivity (Wildman–Crippen MR) is 130 cm³/mol. The number of benzene rings is 1. The third kappa shape index (κ3) is 5.70. The number of urea groups is 1. The first-order valence-corrected chi connectivity index (χ1v) is 14.2. The molecule has 198 valence electrons. The second kappa shape index (κ2) is 10.8. The average molecular weight is 523 g/mol. The van der Waals surface area contributed by atoms with Crippen LogP contribution in [0.1, 0.15) is 48.9 Å². The summed E-state index contributed by atoms with van der Waals surface area (Å²) in [6.45, 7) is 2.43. The number of carbonyl (C=O) groups is 2. The zero-order valence-corrected chi connectivity index (χ0v) is 21.1. The van der Waals surface area contributed by atoms with Crippen molar-refractivity contribution in [1.29, 1.82) is 0 Å². The Bertz CT molecular complexity index is 1070. The lowest BCUT2D eigenvalue weighted by atomic mass is 9.89. The molecule has 0 radical (unpaired) electrons. The summed E-state index contributed by atoms with van der Waals surface area (Å²) in [7, 11) is -3.90. The standard InChI is InChI=1S/C24H34N4O7S/c29-23(19-2-1-3-21-22(19)34-13-12-33-21)25-9-6-16-7-10-28(11-8-16)36(31,32)27-24(30)26-15-17-14-18-4-5-20(17)35-18/h1-3,16-18,20H,4-15H2,(H,25,29)(H2,26,27,30)/t17-,18-,20-/m0/s1. The molecule has 3 atom stereocenters. The van der Waals surface area contributed by atoms with E-state index in [2.05, 4.69) is 15.4 Å². The first-order valence-electron chi connectivity index (χ1n) is 12.8. The minimum Gasteiger partial charge on any atom is -0.486 e. The van der Waals surface area contributed by atoms with Gasteiger partial charge in [0, 0.05) is 32.1 Å². The Morgan fingerprint density at radius 2 is 1.83 bits per heavy atom. The Labute approximate surface area is 211 Å². The molecule has 0 aliphatic carbocycles. The molecule has 1 aromatic carbocycles. The summed E-state index contributed by atoms with van der Waals surface area (Å²) in [6, 6.07) is 4.56. The van der Waals surface area contributed by atoms with Gasteiger partial charge in [-0.25, -0.2) is 9.52 Å². The van der Waals surface area contributed by atoms with Crippen LogP contribution >= 0.6 is 0 Å². The molecule has 3 saturated heterocycles. The molecule has 3 N–H and O–H groups in total. The van der Waals surface area contributed by atoms with Crippen molar-refractivity contribution in [1.82, 2.24) is 19.7 Å². The van der Waals surface area contributed by atoms with E-state index in [1.807, 2.05) is 0 Å². The fourth-order valence-electron chi connectivity index (χ4n) is 5.58. The van der Waals surface area contributed by atoms with Crippen molar-refractivity contribution < 1.29 is 32.2 Å². The van der Waals surface area contributed by atoms with Gasteiger partial charge >= 0.3 is 16.2 Å². The topological polar surface area (TPSA) is 135 Å². The van der Waals surface area contributed by atoms with E-state index >= 15 is 0 Å². The Kier molecular flexibility index (Phi) is 7.54. The van der Waals surface area contributed by atoms with Crippen LogP contribution in [0.2, 0.25) is 0 Å². The lowest BCUT2D eigenvalue weighted by Gasteiger charge is -2.31. The van der Waals surface area contributed by atoms with Crippen LogP contribution in [0, 0.1) is 11.8 Å². The molecular formula is C24H34N4O7S. The number of hydrogen-bond acceptors (Lipinski definition) is 7. The molecule has 36 heavy (non-hydrogen) atoms. The van der Waals surface area contributed by atoms with Crippen LogP contribution in [0.5, 0.6) is 11.5 Å². The second-order valence-electron chi connectivity index (χ2n) is 9.90. The van der Waals surface area contributed by atoms with Crippen molar-refractivity contribution >= 4 is 22.1 Å². The van der Waals surface area contributed by atoms with Gasteiger partial charge in [0.25, 0.3) is 5.91 Å². The van der Waals surface area contributed by atoms with Crippen LogP contribution in [-0.2, 0) is 14.9 Å². The van der Waals surface area contributed by atoms with Gasteiger partial charge in [0.2, 0.25) is 0 Å². The van der Waals surface area contributed by atoms with Crippen LogP contribution in [0.25, 0.3) is 0 Å². The Morgan fingerprint density at radius 1 is 1.03 bits per heavy atom. The lowest BCUT2D eigenvalue weighted by Crippen LogP contribution is -2.50. The van der Waals surface area contributed by atoms with Crippen LogP contribution in [0.15, 0.2) is 18.2 Å². The van der Waals surface area contributed by atoms with E-state index in [1.165, 1.54) is 4.31 Å². The second-order valence-corrected chi connectivity index (χ2v) is 11.6. The molecule has 3 fully saturated rings. The summed E-state index contributed by atoms with van der Waals surface area (Å²) in [6.07, 6.45) is 5.53. The Morgan fingerprint density at radius 3 is 2.58 bits per heavy atom. The summed E-state index contributed by atoms with van der Waals surface area (Å²) in [5, 5.41) is 5.62. The minimum absolute atomic E-state index is 0.177. The van der Waals surface area contributed by atoms with Gasteiger partial charge in [-0.05, 0) is 56.6 Å². The van der Waals surface area contributed by atoms with Gasteiger partial charge in [-0.2, -0.15) is 12.7 Å². The van der Waals surface area contributed by atoms with E-state index in [9.17, 15) is 18.0 Å². The Hall–Kier alpha value is -2.57. The van der Waals surface area contributed by atoms with Gasteiger partial charge in [-0.3, -0.25) is 4.79 Å². The van der Waals surface area contributed by atoms with Gasteiger partial charge in [0.15, 0.2) is 11.5 Å². The molecule has 0 unspecified atom stereocenters. The average Bonchev–Trinajstić information content (AvgIpc) is 3.51. The summed E-state index contributed by atoms with van der Waals surface area (Å²) < 4.78 is 45.7. The van der Waals surface area contributed by atoms with Gasteiger partial charge in [0.05, 0.1) is 17.8 Å². The highest BCUT2D eigenvalue weighted by Gasteiger charge is 2.40. The van der Waals surface area contributed by atoms with Crippen molar-refractivity contribution in [2.75, 3.05) is 39.4 Å². The number of hydrogen-bond donors (Lipinski definition) is 3. The first kappa shape index (κ1) is 25.1. The number of ether oxygens (including phenoxy) is 3. The van der Waals surface area contributed by atoms with Crippen LogP contribution < -0.4 is 24.8 Å². The molecule has 11 nitrogen and oxygen atoms in total. The maximum absolute atomic E-state index is 12.7. The maximum atomic E-state index is 12.7. The monoisotopic (exact) mass is 522 g/mol. The molecule has 0 saturated carbocycles. The van der Waals surface area contributed by atoms with Crippen molar-refractivity contribution in [3.8, 4) is 11.5 Å². The number of nitrogens with zero attached hydrogens (tertiary/aromatic N) is 1. The predicted octanol–water partition coefficient (Wildman–Crippen LogP) is 1.40. The molecule has 4 aliphatic heterocycles. The van der Waals surface area contributed by atoms with Crippen LogP contribution in [0.4, 0.5) is 4.79 Å². The van der Waals surface area contributed by atoms with E-state index in [4.69, 9.17) is 14.2 Å². The molecule has 5 rings (SSSR count). The number of fused-ring (bicyclic) bond motifs is 3. The summed E-state index contributed by atoms with van der Waals surface area (Å²) in [5.74, 6) is 1.36. The number of amides is 3. The van der Waals surface area contributed by atoms with Crippen LogP contribution in [-0.4, -0.2) is 76.3 Å². The van der Waals surface area contributed by atoms with E-state index in [0.717, 1.165) is 25.7 Å². The quantitative estimate of drug-likeness (QED) is 0.470. The first-order chi connectivity index (χ1) is 17.4. The summed E-state index contributed by atoms with van der Waals surface area (Å²) in [5.41, 5.74) is 0.449. The molecule has 3 amide bonds. The molecule has 0 spiro atoms. The van der Waals surface area contributed by atoms with Crippen molar-refractivity contribution in [3.05, 3.63) is 23.8 Å². The highest BCUT2D eigenvalue weighted by atomic mass is 32.2. The normalized spacial score (nSPS) is 25.9. The molecule has 12 heteroatoms. The number of carbonyl (C=O) groups excluding carboxylic acids is 2. The summed E-state index contributed by atoms with van der Waals surface area (Å²) in [4.78, 5) is 24.8. The third-order valence-electron chi connectivity index (χ3n) is 7.54. The largest absolute Gasteiger partial charge is 0.486 e. The molecule has 4 aliphatic rings. The van der Waals surface area contributed by atoms with Crippen molar-refractivity contribution in [3.63, 3.8) is 0 Å². The van der Waals surface area contributed by atoms with E-state index in [1.54, 1.807) is 18.2 Å². The van der Waals surface area contributed by atoms with Crippen LogP contribution in [0.3, 0.4) is 0 Å². The minimum atomic E-state index is -3.90.